The Hall–Kier alpha value is -1.89. The molecule has 0 bridgehead atoms. The number of benzene rings is 2. The Morgan fingerprint density at radius 1 is 1.00 bits per heavy atom. The lowest BCUT2D eigenvalue weighted by atomic mass is 10.0. The quantitative estimate of drug-likeness (QED) is 0.737. The number of carbonyl (C=O) groups excluding carboxylic acids is 1. The van der Waals surface area contributed by atoms with Crippen LogP contribution in [0.3, 0.4) is 0 Å². The SMILES string of the molecule is Cc1ccc(C2CC2C(=O)c2ccccc2)cc1. The van der Waals surface area contributed by atoms with Crippen molar-refractivity contribution in [3.63, 3.8) is 0 Å². The molecule has 0 saturated heterocycles. The summed E-state index contributed by atoms with van der Waals surface area (Å²) in [6, 6.07) is 18.2. The molecular formula is C17H16O. The fourth-order valence-electron chi connectivity index (χ4n) is 2.48. The maximum Gasteiger partial charge on any atom is 0.166 e. The maximum atomic E-state index is 12.3. The van der Waals surface area contributed by atoms with Crippen molar-refractivity contribution >= 4 is 5.78 Å². The molecule has 0 amide bonds. The molecule has 1 nitrogen and oxygen atoms in total. The molecule has 3 rings (SSSR count). The summed E-state index contributed by atoms with van der Waals surface area (Å²) in [4.78, 5) is 12.3. The molecule has 1 aliphatic carbocycles. The Bertz CT molecular complexity index is 554. The summed E-state index contributed by atoms with van der Waals surface area (Å²) >= 11 is 0. The third-order valence-electron chi connectivity index (χ3n) is 3.69. The molecule has 0 radical (unpaired) electrons. The molecule has 0 spiro atoms. The standard InChI is InChI=1S/C17H16O/c1-12-7-9-13(10-8-12)15-11-16(15)17(18)14-5-3-2-4-6-14/h2-10,15-16H,11H2,1H3. The van der Waals surface area contributed by atoms with E-state index >= 15 is 0 Å². The number of carbonyl (C=O) groups is 1. The summed E-state index contributed by atoms with van der Waals surface area (Å²) in [5.74, 6) is 0.912. The molecule has 1 aliphatic rings. The van der Waals surface area contributed by atoms with Gasteiger partial charge < -0.3 is 0 Å². The number of hydrogen-bond donors (Lipinski definition) is 0. The van der Waals surface area contributed by atoms with Gasteiger partial charge in [0.25, 0.3) is 0 Å². The highest BCUT2D eigenvalue weighted by Crippen LogP contribution is 2.49. The lowest BCUT2D eigenvalue weighted by Gasteiger charge is -2.01. The van der Waals surface area contributed by atoms with Gasteiger partial charge in [-0.1, -0.05) is 60.2 Å². The number of ketones is 1. The van der Waals surface area contributed by atoms with Crippen LogP contribution in [0.5, 0.6) is 0 Å². The summed E-state index contributed by atoms with van der Waals surface area (Å²) in [7, 11) is 0. The minimum atomic E-state index is 0.190. The molecule has 2 unspecified atom stereocenters. The second-order valence-electron chi connectivity index (χ2n) is 5.09. The first kappa shape index (κ1) is 11.2. The highest BCUT2D eigenvalue weighted by atomic mass is 16.1. The molecule has 90 valence electrons. The fraction of sp³-hybridized carbons (Fsp3) is 0.235. The predicted octanol–water partition coefficient (Wildman–Crippen LogP) is 3.98. The van der Waals surface area contributed by atoms with Crippen LogP contribution in [0.2, 0.25) is 0 Å². The van der Waals surface area contributed by atoms with Crippen LogP contribution in [0.15, 0.2) is 54.6 Å². The van der Waals surface area contributed by atoms with E-state index in [2.05, 4.69) is 31.2 Å². The lowest BCUT2D eigenvalue weighted by Crippen LogP contribution is -2.02. The first-order chi connectivity index (χ1) is 8.75. The van der Waals surface area contributed by atoms with Gasteiger partial charge in [0.2, 0.25) is 0 Å². The van der Waals surface area contributed by atoms with E-state index in [1.165, 1.54) is 11.1 Å². The first-order valence-corrected chi connectivity index (χ1v) is 6.41. The Morgan fingerprint density at radius 3 is 2.33 bits per heavy atom. The average molecular weight is 236 g/mol. The first-order valence-electron chi connectivity index (χ1n) is 6.41. The van der Waals surface area contributed by atoms with E-state index in [0.29, 0.717) is 11.7 Å². The summed E-state index contributed by atoms with van der Waals surface area (Å²) < 4.78 is 0. The van der Waals surface area contributed by atoms with Crippen LogP contribution in [-0.2, 0) is 0 Å². The van der Waals surface area contributed by atoms with Crippen molar-refractivity contribution in [3.05, 3.63) is 71.3 Å². The van der Waals surface area contributed by atoms with Gasteiger partial charge in [0.05, 0.1) is 0 Å². The molecule has 2 atom stereocenters. The van der Waals surface area contributed by atoms with Crippen molar-refractivity contribution in [3.8, 4) is 0 Å². The molecule has 1 fully saturated rings. The topological polar surface area (TPSA) is 17.1 Å². The zero-order valence-corrected chi connectivity index (χ0v) is 10.5. The van der Waals surface area contributed by atoms with E-state index in [4.69, 9.17) is 0 Å². The number of rotatable bonds is 3. The Morgan fingerprint density at radius 2 is 1.67 bits per heavy atom. The number of hydrogen-bond acceptors (Lipinski definition) is 1. The molecule has 0 N–H and O–H groups in total. The Kier molecular flexibility index (Phi) is 2.75. The molecular weight excluding hydrogens is 220 g/mol. The third kappa shape index (κ3) is 2.08. The summed E-state index contributed by atoms with van der Waals surface area (Å²) in [5, 5.41) is 0. The van der Waals surface area contributed by atoms with E-state index in [1.807, 2.05) is 30.3 Å². The van der Waals surface area contributed by atoms with Crippen molar-refractivity contribution in [2.24, 2.45) is 5.92 Å². The molecule has 0 aliphatic heterocycles. The van der Waals surface area contributed by atoms with Crippen molar-refractivity contribution in [2.75, 3.05) is 0 Å². The van der Waals surface area contributed by atoms with Gasteiger partial charge in [-0.15, -0.1) is 0 Å². The highest BCUT2D eigenvalue weighted by Gasteiger charge is 2.43. The van der Waals surface area contributed by atoms with Gasteiger partial charge in [-0.2, -0.15) is 0 Å². The van der Waals surface area contributed by atoms with Gasteiger partial charge in [0.1, 0.15) is 0 Å². The molecule has 1 heteroatoms. The van der Waals surface area contributed by atoms with Crippen molar-refractivity contribution in [2.45, 2.75) is 19.3 Å². The van der Waals surface area contributed by atoms with Crippen LogP contribution in [0, 0.1) is 12.8 Å². The van der Waals surface area contributed by atoms with Crippen molar-refractivity contribution < 1.29 is 4.79 Å². The van der Waals surface area contributed by atoms with Gasteiger partial charge in [-0.05, 0) is 24.8 Å². The molecule has 2 aromatic rings. The highest BCUT2D eigenvalue weighted by molar-refractivity contribution is 6.00. The van der Waals surface area contributed by atoms with Crippen LogP contribution < -0.4 is 0 Å². The van der Waals surface area contributed by atoms with Crippen LogP contribution in [0.1, 0.15) is 33.8 Å². The number of aryl methyl sites for hydroxylation is 1. The molecule has 1 saturated carbocycles. The fourth-order valence-corrected chi connectivity index (χ4v) is 2.48. The van der Waals surface area contributed by atoms with Crippen LogP contribution in [0.4, 0.5) is 0 Å². The van der Waals surface area contributed by atoms with E-state index in [9.17, 15) is 4.79 Å². The van der Waals surface area contributed by atoms with E-state index < -0.39 is 0 Å². The zero-order chi connectivity index (χ0) is 12.5. The molecule has 0 aromatic heterocycles. The summed E-state index contributed by atoms with van der Waals surface area (Å²) in [6.07, 6.45) is 0.997. The smallest absolute Gasteiger partial charge is 0.166 e. The Balaban J connectivity index is 1.75. The normalized spacial score (nSPS) is 21.6. The summed E-state index contributed by atoms with van der Waals surface area (Å²) in [6.45, 7) is 2.09. The zero-order valence-electron chi connectivity index (χ0n) is 10.5. The summed E-state index contributed by atoms with van der Waals surface area (Å²) in [5.41, 5.74) is 3.41. The van der Waals surface area contributed by atoms with Crippen LogP contribution in [-0.4, -0.2) is 5.78 Å². The van der Waals surface area contributed by atoms with Crippen LogP contribution in [0.25, 0.3) is 0 Å². The van der Waals surface area contributed by atoms with Gasteiger partial charge in [0, 0.05) is 11.5 Å². The van der Waals surface area contributed by atoms with E-state index in [1.54, 1.807) is 0 Å². The molecule has 2 aromatic carbocycles. The predicted molar refractivity (Wildman–Crippen MR) is 72.8 cm³/mol. The largest absolute Gasteiger partial charge is 0.294 e. The second-order valence-corrected chi connectivity index (χ2v) is 5.09. The van der Waals surface area contributed by atoms with E-state index in [-0.39, 0.29) is 5.92 Å². The van der Waals surface area contributed by atoms with Gasteiger partial charge in [-0.3, -0.25) is 4.79 Å². The number of Topliss-reactive ketones (excluding diaryl/α,β-unsaturated/α-hetero) is 1. The Labute approximate surface area is 107 Å². The minimum absolute atomic E-state index is 0.190. The third-order valence-corrected chi connectivity index (χ3v) is 3.69. The van der Waals surface area contributed by atoms with Crippen LogP contribution >= 0.6 is 0 Å². The average Bonchev–Trinajstić information content (AvgIpc) is 3.20. The molecule has 0 heterocycles. The minimum Gasteiger partial charge on any atom is -0.294 e. The second kappa shape index (κ2) is 4.41. The van der Waals surface area contributed by atoms with E-state index in [0.717, 1.165) is 12.0 Å². The molecule has 18 heavy (non-hydrogen) atoms. The lowest BCUT2D eigenvalue weighted by molar-refractivity contribution is 0.0965. The van der Waals surface area contributed by atoms with Gasteiger partial charge in [-0.25, -0.2) is 0 Å². The van der Waals surface area contributed by atoms with Gasteiger partial charge in [0.15, 0.2) is 5.78 Å². The van der Waals surface area contributed by atoms with Gasteiger partial charge >= 0.3 is 0 Å². The maximum absolute atomic E-state index is 12.3. The monoisotopic (exact) mass is 236 g/mol. The van der Waals surface area contributed by atoms with Crippen molar-refractivity contribution in [1.82, 2.24) is 0 Å². The van der Waals surface area contributed by atoms with Crippen molar-refractivity contribution in [1.29, 1.82) is 0 Å².